The van der Waals surface area contributed by atoms with Crippen molar-refractivity contribution in [2.45, 2.75) is 38.7 Å². The van der Waals surface area contributed by atoms with E-state index < -0.39 is 23.6 Å². The number of carbonyl (C=O) groups is 3. The highest BCUT2D eigenvalue weighted by Gasteiger charge is 2.37. The summed E-state index contributed by atoms with van der Waals surface area (Å²) in [5.74, 6) is -1.57. The summed E-state index contributed by atoms with van der Waals surface area (Å²) in [5, 5.41) is 14.8. The van der Waals surface area contributed by atoms with Crippen LogP contribution < -0.4 is 10.6 Å². The van der Waals surface area contributed by atoms with Crippen LogP contribution in [0.5, 0.6) is 0 Å². The van der Waals surface area contributed by atoms with Gasteiger partial charge in [0.05, 0.1) is 5.41 Å². The minimum absolute atomic E-state index is 0.0372. The number of alkyl carbamates (subject to hydrolysis) is 1. The van der Waals surface area contributed by atoms with Gasteiger partial charge >= 0.3 is 12.1 Å². The molecule has 0 bridgehead atoms. The van der Waals surface area contributed by atoms with Gasteiger partial charge in [-0.15, -0.1) is 0 Å². The van der Waals surface area contributed by atoms with Crippen molar-refractivity contribution >= 4 is 18.0 Å². The first-order valence-corrected chi connectivity index (χ1v) is 12.1. The number of benzene rings is 2. The van der Waals surface area contributed by atoms with Gasteiger partial charge in [-0.05, 0) is 42.0 Å². The molecule has 0 spiro atoms. The monoisotopic (exact) mass is 480 g/mol. The molecule has 0 aromatic heterocycles. The Labute approximate surface area is 205 Å². The van der Waals surface area contributed by atoms with Crippen LogP contribution in [0.2, 0.25) is 0 Å². The lowest BCUT2D eigenvalue weighted by molar-refractivity contribution is -0.149. The number of carboxylic acid groups (broad SMARTS) is 1. The van der Waals surface area contributed by atoms with E-state index in [9.17, 15) is 19.5 Å². The maximum absolute atomic E-state index is 12.9. The van der Waals surface area contributed by atoms with Crippen LogP contribution in [0.4, 0.5) is 4.79 Å². The van der Waals surface area contributed by atoms with Crippen LogP contribution in [0.3, 0.4) is 0 Å². The molecule has 1 heterocycles. The van der Waals surface area contributed by atoms with Crippen LogP contribution >= 0.6 is 0 Å². The molecule has 8 heteroatoms. The number of fused-ring (bicyclic) bond motifs is 3. The maximum atomic E-state index is 12.9. The van der Waals surface area contributed by atoms with Crippen molar-refractivity contribution in [1.29, 1.82) is 0 Å². The van der Waals surface area contributed by atoms with Crippen molar-refractivity contribution < 1.29 is 29.0 Å². The second kappa shape index (κ2) is 10.5. The number of amides is 2. The summed E-state index contributed by atoms with van der Waals surface area (Å²) in [5.41, 5.74) is 3.73. The third-order valence-corrected chi connectivity index (χ3v) is 7.28. The van der Waals surface area contributed by atoms with E-state index in [0.29, 0.717) is 19.4 Å². The van der Waals surface area contributed by atoms with Gasteiger partial charge in [-0.1, -0.05) is 55.5 Å². The molecule has 0 saturated carbocycles. The number of hydrogen-bond donors (Lipinski definition) is 3. The van der Waals surface area contributed by atoms with Gasteiger partial charge in [-0.2, -0.15) is 0 Å². The van der Waals surface area contributed by atoms with Crippen molar-refractivity contribution in [3.05, 3.63) is 59.7 Å². The molecular weight excluding hydrogens is 448 g/mol. The molecule has 1 aliphatic carbocycles. The number of ether oxygens (including phenoxy) is 2. The van der Waals surface area contributed by atoms with Crippen LogP contribution in [0.1, 0.15) is 43.7 Å². The molecule has 2 aromatic carbocycles. The second-order valence-corrected chi connectivity index (χ2v) is 9.48. The molecule has 1 aliphatic heterocycles. The van der Waals surface area contributed by atoms with E-state index in [-0.39, 0.29) is 37.4 Å². The maximum Gasteiger partial charge on any atom is 0.407 e. The zero-order valence-corrected chi connectivity index (χ0v) is 20.1. The number of aliphatic carboxylic acids is 1. The van der Waals surface area contributed by atoms with E-state index in [0.717, 1.165) is 22.3 Å². The molecule has 2 amide bonds. The molecule has 1 fully saturated rings. The molecule has 0 radical (unpaired) electrons. The number of hydrogen-bond acceptors (Lipinski definition) is 5. The lowest BCUT2D eigenvalue weighted by atomic mass is 9.86. The van der Waals surface area contributed by atoms with Crippen molar-refractivity contribution in [1.82, 2.24) is 10.6 Å². The Morgan fingerprint density at radius 2 is 1.69 bits per heavy atom. The SMILES string of the molecule is CCC(C)(CNC(=O)OCC1c2ccccc2-c2ccccc21)C(=O)NC[C@H]1CCO[C@H]1C(=O)O. The molecule has 1 saturated heterocycles. The van der Waals surface area contributed by atoms with Crippen molar-refractivity contribution in [2.75, 3.05) is 26.3 Å². The van der Waals surface area contributed by atoms with E-state index in [1.54, 1.807) is 6.92 Å². The zero-order valence-electron chi connectivity index (χ0n) is 20.1. The Hall–Kier alpha value is -3.39. The Morgan fingerprint density at radius 3 is 2.29 bits per heavy atom. The lowest BCUT2D eigenvalue weighted by Crippen LogP contribution is -2.48. The first-order chi connectivity index (χ1) is 16.8. The quantitative estimate of drug-likeness (QED) is 0.506. The summed E-state index contributed by atoms with van der Waals surface area (Å²) in [4.78, 5) is 36.7. The van der Waals surface area contributed by atoms with Crippen molar-refractivity contribution in [3.8, 4) is 11.1 Å². The Balaban J connectivity index is 1.30. The summed E-state index contributed by atoms with van der Waals surface area (Å²) in [6, 6.07) is 16.3. The Morgan fingerprint density at radius 1 is 1.06 bits per heavy atom. The highest BCUT2D eigenvalue weighted by Crippen LogP contribution is 2.44. The van der Waals surface area contributed by atoms with Crippen LogP contribution in [0.25, 0.3) is 11.1 Å². The van der Waals surface area contributed by atoms with Gasteiger partial charge in [-0.25, -0.2) is 9.59 Å². The first-order valence-electron chi connectivity index (χ1n) is 12.1. The zero-order chi connectivity index (χ0) is 25.0. The molecule has 1 unspecified atom stereocenters. The van der Waals surface area contributed by atoms with Crippen LogP contribution in [-0.2, 0) is 19.1 Å². The van der Waals surface area contributed by atoms with Crippen LogP contribution in [0, 0.1) is 11.3 Å². The summed E-state index contributed by atoms with van der Waals surface area (Å²) in [6.45, 7) is 4.54. The number of carbonyl (C=O) groups excluding carboxylic acids is 2. The molecule has 8 nitrogen and oxygen atoms in total. The highest BCUT2D eigenvalue weighted by atomic mass is 16.5. The number of rotatable bonds is 9. The highest BCUT2D eigenvalue weighted by molar-refractivity contribution is 5.83. The smallest absolute Gasteiger partial charge is 0.407 e. The standard InChI is InChI=1S/C27H32N2O6/c1-3-27(2,25(32)28-14-17-12-13-34-23(17)24(30)31)16-29-26(33)35-15-22-20-10-6-4-8-18(20)19-9-5-7-11-21(19)22/h4-11,17,22-23H,3,12-16H2,1-2H3,(H,28,32)(H,29,33)(H,30,31)/t17-,23-,27?/m1/s1. The van der Waals surface area contributed by atoms with Gasteiger partial charge in [-0.3, -0.25) is 4.79 Å². The molecule has 4 rings (SSSR count). The summed E-state index contributed by atoms with van der Waals surface area (Å²) in [7, 11) is 0. The Bertz CT molecular complexity index is 1060. The van der Waals surface area contributed by atoms with E-state index in [2.05, 4.69) is 34.9 Å². The minimum Gasteiger partial charge on any atom is -0.479 e. The Kier molecular flexibility index (Phi) is 7.40. The average Bonchev–Trinajstić information content (AvgIpc) is 3.47. The third-order valence-electron chi connectivity index (χ3n) is 7.28. The second-order valence-electron chi connectivity index (χ2n) is 9.48. The average molecular weight is 481 g/mol. The van der Waals surface area contributed by atoms with E-state index >= 15 is 0 Å². The fraction of sp³-hybridized carbons (Fsp3) is 0.444. The van der Waals surface area contributed by atoms with E-state index in [1.165, 1.54) is 0 Å². The number of nitrogens with one attached hydrogen (secondary N) is 2. The van der Waals surface area contributed by atoms with Gasteiger partial charge in [0.2, 0.25) is 5.91 Å². The predicted octanol–water partition coefficient (Wildman–Crippen LogP) is 3.55. The van der Waals surface area contributed by atoms with Gasteiger partial charge in [0, 0.05) is 31.5 Å². The third kappa shape index (κ3) is 5.17. The van der Waals surface area contributed by atoms with Gasteiger partial charge in [0.15, 0.2) is 6.10 Å². The van der Waals surface area contributed by atoms with Gasteiger partial charge < -0.3 is 25.2 Å². The molecule has 3 atom stereocenters. The lowest BCUT2D eigenvalue weighted by Gasteiger charge is -2.28. The fourth-order valence-electron chi connectivity index (χ4n) is 4.84. The number of carboxylic acids is 1. The van der Waals surface area contributed by atoms with Gasteiger partial charge in [0.1, 0.15) is 6.61 Å². The fourth-order valence-corrected chi connectivity index (χ4v) is 4.84. The van der Waals surface area contributed by atoms with E-state index in [4.69, 9.17) is 9.47 Å². The summed E-state index contributed by atoms with van der Waals surface area (Å²) in [6.07, 6.45) is -0.402. The molecule has 2 aliphatic rings. The van der Waals surface area contributed by atoms with Crippen LogP contribution in [-0.4, -0.2) is 55.5 Å². The van der Waals surface area contributed by atoms with Crippen LogP contribution in [0.15, 0.2) is 48.5 Å². The molecule has 3 N–H and O–H groups in total. The molecular formula is C27H32N2O6. The van der Waals surface area contributed by atoms with E-state index in [1.807, 2.05) is 31.2 Å². The summed E-state index contributed by atoms with van der Waals surface area (Å²) < 4.78 is 10.8. The molecule has 186 valence electrons. The molecule has 35 heavy (non-hydrogen) atoms. The summed E-state index contributed by atoms with van der Waals surface area (Å²) >= 11 is 0. The van der Waals surface area contributed by atoms with Crippen molar-refractivity contribution in [2.24, 2.45) is 11.3 Å². The van der Waals surface area contributed by atoms with Gasteiger partial charge in [0.25, 0.3) is 0 Å². The predicted molar refractivity (Wildman–Crippen MR) is 130 cm³/mol. The first kappa shape index (κ1) is 24.7. The minimum atomic E-state index is -1.02. The normalized spacial score (nSPS) is 20.4. The largest absolute Gasteiger partial charge is 0.479 e. The molecule has 2 aromatic rings. The topological polar surface area (TPSA) is 114 Å². The van der Waals surface area contributed by atoms with Crippen molar-refractivity contribution in [3.63, 3.8) is 0 Å².